The van der Waals surface area contributed by atoms with Gasteiger partial charge in [-0.3, -0.25) is 9.69 Å². The Balaban J connectivity index is 1.68. The standard InChI is InChI=1S/C24H22N2O2S/c1-29-21-14-12-19(13-15-21)17-26-22(27)24(25-23(26)28,20-10-6-3-7-11-20)16-18-8-4-2-5-9-18/h2-15H,16-17H2,1H3,(H,25,28)/t24-/m1/s1. The highest BCUT2D eigenvalue weighted by atomic mass is 32.2. The predicted octanol–water partition coefficient (Wildman–Crippen LogP) is 4.60. The number of amides is 3. The second kappa shape index (κ2) is 8.13. The van der Waals surface area contributed by atoms with Crippen LogP contribution in [0.15, 0.2) is 89.8 Å². The minimum atomic E-state index is -1.10. The Kier molecular flexibility index (Phi) is 5.41. The fraction of sp³-hybridized carbons (Fsp3) is 0.167. The van der Waals surface area contributed by atoms with Crippen molar-refractivity contribution in [3.63, 3.8) is 0 Å². The molecule has 0 aliphatic carbocycles. The van der Waals surface area contributed by atoms with E-state index in [1.54, 1.807) is 11.8 Å². The number of urea groups is 1. The molecule has 1 fully saturated rings. The summed E-state index contributed by atoms with van der Waals surface area (Å²) >= 11 is 1.66. The van der Waals surface area contributed by atoms with Gasteiger partial charge >= 0.3 is 6.03 Å². The molecule has 4 rings (SSSR count). The van der Waals surface area contributed by atoms with Gasteiger partial charge in [0.05, 0.1) is 6.54 Å². The number of carbonyl (C=O) groups is 2. The van der Waals surface area contributed by atoms with E-state index in [9.17, 15) is 9.59 Å². The maximum Gasteiger partial charge on any atom is 0.325 e. The molecule has 0 bridgehead atoms. The summed E-state index contributed by atoms with van der Waals surface area (Å²) in [7, 11) is 0. The van der Waals surface area contributed by atoms with Crippen molar-refractivity contribution in [3.8, 4) is 0 Å². The van der Waals surface area contributed by atoms with Crippen LogP contribution in [0.4, 0.5) is 4.79 Å². The molecule has 4 nitrogen and oxygen atoms in total. The van der Waals surface area contributed by atoms with Gasteiger partial charge in [0.25, 0.3) is 5.91 Å². The molecule has 3 amide bonds. The summed E-state index contributed by atoms with van der Waals surface area (Å²) < 4.78 is 0. The van der Waals surface area contributed by atoms with Gasteiger partial charge in [0.15, 0.2) is 5.54 Å². The van der Waals surface area contributed by atoms with Crippen LogP contribution in [0.1, 0.15) is 16.7 Å². The Hall–Kier alpha value is -3.05. The van der Waals surface area contributed by atoms with Crippen molar-refractivity contribution in [1.82, 2.24) is 10.2 Å². The first kappa shape index (κ1) is 19.3. The smallest absolute Gasteiger partial charge is 0.319 e. The van der Waals surface area contributed by atoms with E-state index < -0.39 is 5.54 Å². The second-order valence-electron chi connectivity index (χ2n) is 7.10. The third-order valence-electron chi connectivity index (χ3n) is 5.25. The maximum atomic E-state index is 13.6. The Morgan fingerprint density at radius 2 is 1.45 bits per heavy atom. The average Bonchev–Trinajstić information content (AvgIpc) is 3.00. The molecule has 0 aromatic heterocycles. The van der Waals surface area contributed by atoms with Crippen LogP contribution in [0.2, 0.25) is 0 Å². The number of thioether (sulfide) groups is 1. The summed E-state index contributed by atoms with van der Waals surface area (Å²) in [6.07, 6.45) is 2.43. The first-order valence-corrected chi connectivity index (χ1v) is 10.7. The van der Waals surface area contributed by atoms with Gasteiger partial charge in [0, 0.05) is 11.3 Å². The SMILES string of the molecule is CSc1ccc(CN2C(=O)N[C@](Cc3ccccc3)(c3ccccc3)C2=O)cc1. The Bertz CT molecular complexity index is 1010. The van der Waals surface area contributed by atoms with Crippen molar-refractivity contribution in [2.45, 2.75) is 23.4 Å². The lowest BCUT2D eigenvalue weighted by molar-refractivity contribution is -0.132. The third kappa shape index (κ3) is 3.78. The van der Waals surface area contributed by atoms with E-state index in [2.05, 4.69) is 5.32 Å². The van der Waals surface area contributed by atoms with Crippen LogP contribution >= 0.6 is 11.8 Å². The number of rotatable bonds is 6. The van der Waals surface area contributed by atoms with E-state index in [0.29, 0.717) is 6.42 Å². The summed E-state index contributed by atoms with van der Waals surface area (Å²) in [5.74, 6) is -0.216. The number of hydrogen-bond acceptors (Lipinski definition) is 3. The van der Waals surface area contributed by atoms with Gasteiger partial charge < -0.3 is 5.32 Å². The monoisotopic (exact) mass is 402 g/mol. The third-order valence-corrected chi connectivity index (χ3v) is 6.00. The zero-order chi connectivity index (χ0) is 20.3. The lowest BCUT2D eigenvalue weighted by Gasteiger charge is -2.27. The zero-order valence-electron chi connectivity index (χ0n) is 16.2. The number of carbonyl (C=O) groups excluding carboxylic acids is 2. The summed E-state index contributed by atoms with van der Waals surface area (Å²) in [5.41, 5.74) is 1.62. The van der Waals surface area contributed by atoms with E-state index in [1.165, 1.54) is 4.90 Å². The molecule has 5 heteroatoms. The number of imide groups is 1. The average molecular weight is 403 g/mol. The van der Waals surface area contributed by atoms with E-state index in [-0.39, 0.29) is 18.5 Å². The summed E-state index contributed by atoms with van der Waals surface area (Å²) in [5, 5.41) is 3.01. The van der Waals surface area contributed by atoms with Gasteiger partial charge in [-0.05, 0) is 35.1 Å². The van der Waals surface area contributed by atoms with Crippen molar-refractivity contribution >= 4 is 23.7 Å². The molecule has 3 aromatic rings. The molecule has 0 saturated carbocycles. The molecular weight excluding hydrogens is 380 g/mol. The molecule has 0 spiro atoms. The molecule has 3 aromatic carbocycles. The van der Waals surface area contributed by atoms with E-state index in [1.807, 2.05) is 91.2 Å². The first-order chi connectivity index (χ1) is 14.1. The lowest BCUT2D eigenvalue weighted by atomic mass is 9.83. The molecule has 146 valence electrons. The number of nitrogens with zero attached hydrogens (tertiary/aromatic N) is 1. The van der Waals surface area contributed by atoms with Crippen LogP contribution in [0.5, 0.6) is 0 Å². The second-order valence-corrected chi connectivity index (χ2v) is 7.98. The van der Waals surface area contributed by atoms with Crippen molar-refractivity contribution in [3.05, 3.63) is 102 Å². The quantitative estimate of drug-likeness (QED) is 0.484. The normalized spacial score (nSPS) is 18.7. The molecule has 1 aliphatic heterocycles. The van der Waals surface area contributed by atoms with Crippen molar-refractivity contribution in [1.29, 1.82) is 0 Å². The summed E-state index contributed by atoms with van der Waals surface area (Å²) in [4.78, 5) is 29.0. The molecule has 1 N–H and O–H groups in total. The number of benzene rings is 3. The van der Waals surface area contributed by atoms with Gasteiger partial charge in [0.1, 0.15) is 0 Å². The van der Waals surface area contributed by atoms with Crippen LogP contribution in [-0.4, -0.2) is 23.1 Å². The van der Waals surface area contributed by atoms with Crippen molar-refractivity contribution in [2.75, 3.05) is 6.26 Å². The van der Waals surface area contributed by atoms with E-state index >= 15 is 0 Å². The van der Waals surface area contributed by atoms with Crippen LogP contribution < -0.4 is 5.32 Å². The molecular formula is C24H22N2O2S. The summed E-state index contributed by atoms with van der Waals surface area (Å²) in [6.45, 7) is 0.253. The Morgan fingerprint density at radius 1 is 0.828 bits per heavy atom. The number of hydrogen-bond donors (Lipinski definition) is 1. The summed E-state index contributed by atoms with van der Waals surface area (Å²) in [6, 6.07) is 26.9. The van der Waals surface area contributed by atoms with Gasteiger partial charge in [-0.25, -0.2) is 4.79 Å². The van der Waals surface area contributed by atoms with Gasteiger partial charge in [-0.15, -0.1) is 11.8 Å². The van der Waals surface area contributed by atoms with E-state index in [0.717, 1.165) is 21.6 Å². The topological polar surface area (TPSA) is 49.4 Å². The first-order valence-electron chi connectivity index (χ1n) is 9.49. The highest BCUT2D eigenvalue weighted by Gasteiger charge is 2.52. The predicted molar refractivity (Wildman–Crippen MR) is 116 cm³/mol. The zero-order valence-corrected chi connectivity index (χ0v) is 17.0. The molecule has 1 aliphatic rings. The fourth-order valence-corrected chi connectivity index (χ4v) is 4.13. The highest BCUT2D eigenvalue weighted by molar-refractivity contribution is 7.98. The van der Waals surface area contributed by atoms with Crippen LogP contribution in [-0.2, 0) is 23.3 Å². The van der Waals surface area contributed by atoms with Gasteiger partial charge in [0.2, 0.25) is 0 Å². The maximum absolute atomic E-state index is 13.6. The highest BCUT2D eigenvalue weighted by Crippen LogP contribution is 2.33. The molecule has 0 radical (unpaired) electrons. The lowest BCUT2D eigenvalue weighted by Crippen LogP contribution is -2.46. The molecule has 1 atom stereocenters. The van der Waals surface area contributed by atoms with Crippen molar-refractivity contribution in [2.24, 2.45) is 0 Å². The van der Waals surface area contributed by atoms with Crippen LogP contribution in [0.3, 0.4) is 0 Å². The minimum Gasteiger partial charge on any atom is -0.319 e. The van der Waals surface area contributed by atoms with Gasteiger partial charge in [-0.2, -0.15) is 0 Å². The number of nitrogens with one attached hydrogen (secondary N) is 1. The largest absolute Gasteiger partial charge is 0.325 e. The molecule has 29 heavy (non-hydrogen) atoms. The minimum absolute atomic E-state index is 0.216. The van der Waals surface area contributed by atoms with E-state index in [4.69, 9.17) is 0 Å². The van der Waals surface area contributed by atoms with Crippen molar-refractivity contribution < 1.29 is 9.59 Å². The van der Waals surface area contributed by atoms with Crippen LogP contribution in [0.25, 0.3) is 0 Å². The fourth-order valence-electron chi connectivity index (χ4n) is 3.73. The van der Waals surface area contributed by atoms with Crippen LogP contribution in [0, 0.1) is 0 Å². The molecule has 0 unspecified atom stereocenters. The van der Waals surface area contributed by atoms with Gasteiger partial charge in [-0.1, -0.05) is 72.8 Å². The molecule has 1 saturated heterocycles. The molecule has 1 heterocycles. The Morgan fingerprint density at radius 3 is 2.07 bits per heavy atom. The Labute approximate surface area is 174 Å².